The summed E-state index contributed by atoms with van der Waals surface area (Å²) in [7, 11) is 1.86. The summed E-state index contributed by atoms with van der Waals surface area (Å²) < 4.78 is 5.51. The van der Waals surface area contributed by atoms with Crippen LogP contribution in [0.2, 0.25) is 0 Å². The third-order valence-corrected chi connectivity index (χ3v) is 3.61. The van der Waals surface area contributed by atoms with Gasteiger partial charge < -0.3 is 15.2 Å². The molecule has 20 heavy (non-hydrogen) atoms. The van der Waals surface area contributed by atoms with Crippen LogP contribution in [0.3, 0.4) is 0 Å². The van der Waals surface area contributed by atoms with Crippen LogP contribution in [-0.4, -0.2) is 55.2 Å². The molecule has 1 aliphatic heterocycles. The monoisotopic (exact) mass is 278 g/mol. The van der Waals surface area contributed by atoms with Gasteiger partial charge >= 0.3 is 0 Å². The Labute approximate surface area is 119 Å². The number of hydrogen-bond acceptors (Lipinski definition) is 5. The lowest BCUT2D eigenvalue weighted by Crippen LogP contribution is -2.39. The Bertz CT molecular complexity index is 476. The summed E-state index contributed by atoms with van der Waals surface area (Å²) in [6.45, 7) is 3.94. The molecule has 0 spiro atoms. The Morgan fingerprint density at radius 2 is 2.35 bits per heavy atom. The van der Waals surface area contributed by atoms with E-state index in [1.165, 1.54) is 0 Å². The van der Waals surface area contributed by atoms with Crippen molar-refractivity contribution in [2.75, 3.05) is 38.7 Å². The second-order valence-electron chi connectivity index (χ2n) is 4.98. The van der Waals surface area contributed by atoms with Gasteiger partial charge in [-0.15, -0.1) is 0 Å². The highest BCUT2D eigenvalue weighted by Gasteiger charge is 2.23. The largest absolute Gasteiger partial charge is 0.490 e. The van der Waals surface area contributed by atoms with Crippen molar-refractivity contribution in [1.82, 2.24) is 4.90 Å². The molecule has 5 nitrogen and oxygen atoms in total. The van der Waals surface area contributed by atoms with Crippen LogP contribution in [0.25, 0.3) is 0 Å². The fraction of sp³-hybridized carbons (Fsp3) is 0.533. The van der Waals surface area contributed by atoms with Gasteiger partial charge in [-0.1, -0.05) is 6.92 Å². The number of aliphatic hydroxyl groups is 1. The van der Waals surface area contributed by atoms with Crippen molar-refractivity contribution in [2.24, 2.45) is 0 Å². The topological polar surface area (TPSA) is 61.8 Å². The van der Waals surface area contributed by atoms with Gasteiger partial charge in [0.25, 0.3) is 0 Å². The Morgan fingerprint density at radius 1 is 1.55 bits per heavy atom. The summed E-state index contributed by atoms with van der Waals surface area (Å²) >= 11 is 0. The van der Waals surface area contributed by atoms with Crippen LogP contribution < -0.4 is 10.1 Å². The summed E-state index contributed by atoms with van der Waals surface area (Å²) in [6, 6.07) is 5.30. The maximum Gasteiger partial charge on any atom is 0.180 e. The molecule has 1 aliphatic rings. The van der Waals surface area contributed by atoms with E-state index in [0.29, 0.717) is 18.7 Å². The third kappa shape index (κ3) is 3.11. The van der Waals surface area contributed by atoms with E-state index in [1.54, 1.807) is 0 Å². The third-order valence-electron chi connectivity index (χ3n) is 3.61. The molecule has 0 fully saturated rings. The number of nitrogens with one attached hydrogen (secondary N) is 1. The van der Waals surface area contributed by atoms with Crippen LogP contribution in [0.15, 0.2) is 18.2 Å². The lowest BCUT2D eigenvalue weighted by Gasteiger charge is -2.26. The minimum Gasteiger partial charge on any atom is -0.490 e. The Morgan fingerprint density at radius 3 is 3.05 bits per heavy atom. The summed E-state index contributed by atoms with van der Waals surface area (Å²) in [6.07, 6.45) is 0.719. The van der Waals surface area contributed by atoms with Crippen molar-refractivity contribution in [3.63, 3.8) is 0 Å². The molecule has 0 saturated heterocycles. The number of ketones is 1. The Hall–Kier alpha value is -1.59. The minimum absolute atomic E-state index is 0.0554. The first-order valence-electron chi connectivity index (χ1n) is 7.03. The van der Waals surface area contributed by atoms with E-state index >= 15 is 0 Å². The zero-order valence-corrected chi connectivity index (χ0v) is 12.1. The predicted octanol–water partition coefficient (Wildman–Crippen LogP) is 1.38. The number of rotatable bonds is 6. The van der Waals surface area contributed by atoms with Gasteiger partial charge in [0.05, 0.1) is 18.3 Å². The highest BCUT2D eigenvalue weighted by molar-refractivity contribution is 6.01. The van der Waals surface area contributed by atoms with Gasteiger partial charge in [0.2, 0.25) is 0 Å². The van der Waals surface area contributed by atoms with Gasteiger partial charge in [-0.3, -0.25) is 9.69 Å². The number of ether oxygens (including phenoxy) is 1. The van der Waals surface area contributed by atoms with Gasteiger partial charge in [-0.25, -0.2) is 0 Å². The maximum atomic E-state index is 12.6. The first-order valence-corrected chi connectivity index (χ1v) is 7.03. The maximum absolute atomic E-state index is 12.6. The number of carbonyl (C=O) groups is 1. The number of nitrogens with zero attached hydrogens (tertiary/aromatic N) is 1. The van der Waals surface area contributed by atoms with Crippen molar-refractivity contribution in [2.45, 2.75) is 19.4 Å². The lowest BCUT2D eigenvalue weighted by atomic mass is 10.00. The molecule has 0 saturated carbocycles. The van der Waals surface area contributed by atoms with Crippen LogP contribution >= 0.6 is 0 Å². The predicted molar refractivity (Wildman–Crippen MR) is 78.6 cm³/mol. The average Bonchev–Trinajstić information content (AvgIpc) is 2.47. The molecule has 0 aliphatic carbocycles. The number of likely N-dealkylation sites (N-methyl/N-ethyl adjacent to an activating group) is 1. The van der Waals surface area contributed by atoms with E-state index in [-0.39, 0.29) is 18.4 Å². The molecule has 0 radical (unpaired) electrons. The molecule has 110 valence electrons. The van der Waals surface area contributed by atoms with E-state index in [0.717, 1.165) is 24.4 Å². The average molecular weight is 278 g/mol. The fourth-order valence-electron chi connectivity index (χ4n) is 2.50. The normalized spacial score (nSPS) is 15.2. The molecule has 5 heteroatoms. The van der Waals surface area contributed by atoms with E-state index in [9.17, 15) is 4.79 Å². The van der Waals surface area contributed by atoms with Crippen LogP contribution in [0, 0.1) is 0 Å². The first kappa shape index (κ1) is 14.8. The van der Waals surface area contributed by atoms with Gasteiger partial charge in [0, 0.05) is 18.7 Å². The molecule has 0 amide bonds. The minimum atomic E-state index is -0.204. The smallest absolute Gasteiger partial charge is 0.180 e. The van der Waals surface area contributed by atoms with Crippen LogP contribution in [0.1, 0.15) is 23.7 Å². The number of hydrogen-bond donors (Lipinski definition) is 2. The number of aliphatic hydroxyl groups excluding tert-OH is 1. The number of carbonyl (C=O) groups excluding carboxylic acids is 1. The van der Waals surface area contributed by atoms with E-state index in [2.05, 4.69) is 5.32 Å². The fourth-order valence-corrected chi connectivity index (χ4v) is 2.50. The van der Waals surface area contributed by atoms with Crippen molar-refractivity contribution in [3.05, 3.63) is 23.8 Å². The molecule has 2 N–H and O–H groups in total. The van der Waals surface area contributed by atoms with Gasteiger partial charge in [-0.05, 0) is 31.7 Å². The van der Waals surface area contributed by atoms with E-state index in [4.69, 9.17) is 9.84 Å². The SMILES string of the molecule is CCC(C(=O)c1ccc2c(c1)NCCO2)N(C)CCO. The summed E-state index contributed by atoms with van der Waals surface area (Å²) in [4.78, 5) is 14.5. The lowest BCUT2D eigenvalue weighted by molar-refractivity contribution is 0.0823. The van der Waals surface area contributed by atoms with Crippen LogP contribution in [0.4, 0.5) is 5.69 Å². The van der Waals surface area contributed by atoms with Crippen molar-refractivity contribution in [3.8, 4) is 5.75 Å². The quantitative estimate of drug-likeness (QED) is 0.770. The van der Waals surface area contributed by atoms with E-state index in [1.807, 2.05) is 37.1 Å². The Kier molecular flexibility index (Phi) is 4.98. The molecule has 0 aromatic heterocycles. The molecular weight excluding hydrogens is 256 g/mol. The van der Waals surface area contributed by atoms with Crippen molar-refractivity contribution >= 4 is 11.5 Å². The van der Waals surface area contributed by atoms with Gasteiger partial charge in [0.15, 0.2) is 5.78 Å². The zero-order chi connectivity index (χ0) is 14.5. The Balaban J connectivity index is 2.19. The summed E-state index contributed by atoms with van der Waals surface area (Å²) in [5.41, 5.74) is 1.56. The molecule has 1 atom stereocenters. The summed E-state index contributed by atoms with van der Waals surface area (Å²) in [5.74, 6) is 0.878. The number of Topliss-reactive ketones (excluding diaryl/α,β-unsaturated/α-hetero) is 1. The molecular formula is C15H22N2O3. The zero-order valence-electron chi connectivity index (χ0n) is 12.1. The molecule has 1 unspecified atom stereocenters. The van der Waals surface area contributed by atoms with Gasteiger partial charge in [-0.2, -0.15) is 0 Å². The second kappa shape index (κ2) is 6.72. The summed E-state index contributed by atoms with van der Waals surface area (Å²) in [5, 5.41) is 12.3. The van der Waals surface area contributed by atoms with Crippen LogP contribution in [0.5, 0.6) is 5.75 Å². The molecule has 1 aromatic carbocycles. The van der Waals surface area contributed by atoms with Gasteiger partial charge in [0.1, 0.15) is 12.4 Å². The molecule has 1 aromatic rings. The standard InChI is InChI=1S/C15H22N2O3/c1-3-13(17(2)7-8-18)15(19)11-4-5-14-12(10-11)16-6-9-20-14/h4-5,10,13,16,18H,3,6-9H2,1-2H3. The van der Waals surface area contributed by atoms with E-state index < -0.39 is 0 Å². The highest BCUT2D eigenvalue weighted by atomic mass is 16.5. The molecule has 1 heterocycles. The highest BCUT2D eigenvalue weighted by Crippen LogP contribution is 2.28. The second-order valence-corrected chi connectivity index (χ2v) is 4.98. The van der Waals surface area contributed by atoms with Crippen molar-refractivity contribution < 1.29 is 14.6 Å². The van der Waals surface area contributed by atoms with Crippen molar-refractivity contribution in [1.29, 1.82) is 0 Å². The number of benzene rings is 1. The number of anilines is 1. The first-order chi connectivity index (χ1) is 9.67. The molecule has 0 bridgehead atoms. The van der Waals surface area contributed by atoms with Crippen LogP contribution in [-0.2, 0) is 0 Å². The number of fused-ring (bicyclic) bond motifs is 1. The molecule has 2 rings (SSSR count).